The summed E-state index contributed by atoms with van der Waals surface area (Å²) in [6.45, 7) is 0.238. The summed E-state index contributed by atoms with van der Waals surface area (Å²) in [6, 6.07) is 8.18. The van der Waals surface area contributed by atoms with Crippen LogP contribution in [-0.4, -0.2) is 32.3 Å². The Morgan fingerprint density at radius 1 is 1.08 bits per heavy atom. The largest absolute Gasteiger partial charge is 0.507 e. The van der Waals surface area contributed by atoms with Crippen LogP contribution < -0.4 is 19.5 Å². The molecule has 2 aromatic carbocycles. The van der Waals surface area contributed by atoms with Crippen molar-refractivity contribution in [3.05, 3.63) is 45.9 Å². The fourth-order valence-corrected chi connectivity index (χ4v) is 2.57. The maximum atomic E-state index is 12.2. The van der Waals surface area contributed by atoms with Gasteiger partial charge in [-0.3, -0.25) is 4.79 Å². The lowest BCUT2D eigenvalue weighted by Gasteiger charge is -2.14. The molecule has 0 spiro atoms. The highest BCUT2D eigenvalue weighted by atomic mass is 79.9. The molecule has 0 aliphatic rings. The normalized spacial score (nSPS) is 10.2. The monoisotopic (exact) mass is 395 g/mol. The number of benzene rings is 2. The third kappa shape index (κ3) is 3.91. The molecule has 128 valence electrons. The third-order valence-corrected chi connectivity index (χ3v) is 3.87. The maximum absolute atomic E-state index is 12.2. The minimum atomic E-state index is -0.387. The molecule has 6 nitrogen and oxygen atoms in total. The highest BCUT2D eigenvalue weighted by Crippen LogP contribution is 2.38. The quantitative estimate of drug-likeness (QED) is 0.785. The first kappa shape index (κ1) is 17.9. The zero-order chi connectivity index (χ0) is 17.7. The number of amides is 1. The smallest absolute Gasteiger partial charge is 0.255 e. The lowest BCUT2D eigenvalue weighted by Crippen LogP contribution is -2.23. The molecule has 0 bridgehead atoms. The highest BCUT2D eigenvalue weighted by Gasteiger charge is 2.15. The first-order valence-corrected chi connectivity index (χ1v) is 7.85. The van der Waals surface area contributed by atoms with Gasteiger partial charge in [0.1, 0.15) is 5.75 Å². The lowest BCUT2D eigenvalue weighted by atomic mass is 10.1. The van der Waals surface area contributed by atoms with Crippen molar-refractivity contribution >= 4 is 21.8 Å². The summed E-state index contributed by atoms with van der Waals surface area (Å²) in [7, 11) is 4.58. The average Bonchev–Trinajstić information content (AvgIpc) is 2.60. The van der Waals surface area contributed by atoms with E-state index in [2.05, 4.69) is 21.2 Å². The number of carbonyl (C=O) groups is 1. The number of hydrogen-bond donors (Lipinski definition) is 2. The van der Waals surface area contributed by atoms with E-state index in [9.17, 15) is 9.90 Å². The van der Waals surface area contributed by atoms with E-state index in [0.29, 0.717) is 21.7 Å². The van der Waals surface area contributed by atoms with Gasteiger partial charge in [-0.2, -0.15) is 0 Å². The Balaban J connectivity index is 2.19. The summed E-state index contributed by atoms with van der Waals surface area (Å²) in [5.41, 5.74) is 0.962. The van der Waals surface area contributed by atoms with Gasteiger partial charge >= 0.3 is 0 Å². The van der Waals surface area contributed by atoms with E-state index < -0.39 is 0 Å². The fourth-order valence-electron chi connectivity index (χ4n) is 2.21. The SMILES string of the molecule is COc1cc(CNC(=O)c2cc(Br)ccc2O)cc(OC)c1OC. The summed E-state index contributed by atoms with van der Waals surface area (Å²) < 4.78 is 16.5. The number of carbonyl (C=O) groups excluding carboxylic acids is 1. The minimum Gasteiger partial charge on any atom is -0.507 e. The standard InChI is InChI=1S/C17H18BrNO5/c1-22-14-6-10(7-15(23-2)16(14)24-3)9-19-17(21)12-8-11(18)4-5-13(12)20/h4-8,20H,9H2,1-3H3,(H,19,21). The molecule has 0 atom stereocenters. The van der Waals surface area contributed by atoms with Crippen molar-refractivity contribution in [3.8, 4) is 23.0 Å². The Bertz CT molecular complexity index is 723. The second kappa shape index (κ2) is 7.92. The number of phenolic OH excluding ortho intramolecular Hbond substituents is 1. The molecule has 24 heavy (non-hydrogen) atoms. The van der Waals surface area contributed by atoms with E-state index in [1.165, 1.54) is 27.4 Å². The van der Waals surface area contributed by atoms with Crippen LogP contribution in [0, 0.1) is 0 Å². The van der Waals surface area contributed by atoms with E-state index in [-0.39, 0.29) is 23.8 Å². The number of nitrogens with one attached hydrogen (secondary N) is 1. The molecular formula is C17H18BrNO5. The van der Waals surface area contributed by atoms with Crippen LogP contribution in [0.3, 0.4) is 0 Å². The van der Waals surface area contributed by atoms with Crippen LogP contribution >= 0.6 is 15.9 Å². The number of ether oxygens (including phenoxy) is 3. The van der Waals surface area contributed by atoms with Gasteiger partial charge in [-0.25, -0.2) is 0 Å². The predicted molar refractivity (Wildman–Crippen MR) is 93.1 cm³/mol. The predicted octanol–water partition coefficient (Wildman–Crippen LogP) is 3.11. The number of aromatic hydroxyl groups is 1. The molecule has 0 unspecified atom stereocenters. The molecule has 0 saturated heterocycles. The molecule has 1 amide bonds. The Labute approximate surface area is 148 Å². The summed E-state index contributed by atoms with van der Waals surface area (Å²) in [6.07, 6.45) is 0. The van der Waals surface area contributed by atoms with Crippen LogP contribution in [0.15, 0.2) is 34.8 Å². The summed E-state index contributed by atoms with van der Waals surface area (Å²) in [5, 5.41) is 12.5. The maximum Gasteiger partial charge on any atom is 0.255 e. The van der Waals surface area contributed by atoms with Gasteiger partial charge < -0.3 is 24.6 Å². The van der Waals surface area contributed by atoms with E-state index in [1.54, 1.807) is 24.3 Å². The molecule has 2 N–H and O–H groups in total. The van der Waals surface area contributed by atoms with Crippen molar-refractivity contribution in [1.29, 1.82) is 0 Å². The number of hydrogen-bond acceptors (Lipinski definition) is 5. The van der Waals surface area contributed by atoms with E-state index >= 15 is 0 Å². The Morgan fingerprint density at radius 3 is 2.25 bits per heavy atom. The second-order valence-corrected chi connectivity index (χ2v) is 5.79. The van der Waals surface area contributed by atoms with Crippen molar-refractivity contribution in [1.82, 2.24) is 5.32 Å². The van der Waals surface area contributed by atoms with Crippen molar-refractivity contribution in [2.75, 3.05) is 21.3 Å². The molecule has 2 rings (SSSR count). The first-order chi connectivity index (χ1) is 11.5. The van der Waals surface area contributed by atoms with Gasteiger partial charge in [0.2, 0.25) is 5.75 Å². The Kier molecular flexibility index (Phi) is 5.92. The van der Waals surface area contributed by atoms with Crippen LogP contribution in [-0.2, 0) is 6.54 Å². The zero-order valence-corrected chi connectivity index (χ0v) is 15.1. The number of halogens is 1. The van der Waals surface area contributed by atoms with E-state index in [4.69, 9.17) is 14.2 Å². The van der Waals surface area contributed by atoms with Crippen LogP contribution in [0.25, 0.3) is 0 Å². The van der Waals surface area contributed by atoms with Gasteiger partial charge in [0.05, 0.1) is 26.9 Å². The molecule has 0 aliphatic carbocycles. The van der Waals surface area contributed by atoms with Crippen LogP contribution in [0.2, 0.25) is 0 Å². The van der Waals surface area contributed by atoms with E-state index in [0.717, 1.165) is 5.56 Å². The van der Waals surface area contributed by atoms with Crippen molar-refractivity contribution in [2.24, 2.45) is 0 Å². The lowest BCUT2D eigenvalue weighted by molar-refractivity contribution is 0.0948. The van der Waals surface area contributed by atoms with Gasteiger partial charge in [-0.15, -0.1) is 0 Å². The first-order valence-electron chi connectivity index (χ1n) is 7.05. The molecule has 0 aliphatic heterocycles. The number of methoxy groups -OCH3 is 3. The number of phenols is 1. The molecule has 0 radical (unpaired) electrons. The van der Waals surface area contributed by atoms with Gasteiger partial charge in [-0.1, -0.05) is 15.9 Å². The molecule has 2 aromatic rings. The van der Waals surface area contributed by atoms with E-state index in [1.807, 2.05) is 0 Å². The summed E-state index contributed by atoms with van der Waals surface area (Å²) >= 11 is 3.28. The van der Waals surface area contributed by atoms with Gasteiger partial charge in [0.15, 0.2) is 11.5 Å². The van der Waals surface area contributed by atoms with Gasteiger partial charge in [0, 0.05) is 11.0 Å². The van der Waals surface area contributed by atoms with Crippen molar-refractivity contribution in [2.45, 2.75) is 6.54 Å². The van der Waals surface area contributed by atoms with Crippen LogP contribution in [0.5, 0.6) is 23.0 Å². The molecule has 0 heterocycles. The second-order valence-electron chi connectivity index (χ2n) is 4.88. The third-order valence-electron chi connectivity index (χ3n) is 3.38. The molecule has 0 saturated carbocycles. The zero-order valence-electron chi connectivity index (χ0n) is 13.6. The minimum absolute atomic E-state index is 0.0828. The molecule has 0 aromatic heterocycles. The Morgan fingerprint density at radius 2 is 1.71 bits per heavy atom. The number of rotatable bonds is 6. The topological polar surface area (TPSA) is 77.0 Å². The highest BCUT2D eigenvalue weighted by molar-refractivity contribution is 9.10. The van der Waals surface area contributed by atoms with Gasteiger partial charge in [0.25, 0.3) is 5.91 Å². The van der Waals surface area contributed by atoms with Crippen LogP contribution in [0.1, 0.15) is 15.9 Å². The molecular weight excluding hydrogens is 378 g/mol. The summed E-state index contributed by atoms with van der Waals surface area (Å²) in [4.78, 5) is 12.2. The Hall–Kier alpha value is -2.41. The van der Waals surface area contributed by atoms with Gasteiger partial charge in [-0.05, 0) is 35.9 Å². The van der Waals surface area contributed by atoms with Crippen molar-refractivity contribution in [3.63, 3.8) is 0 Å². The van der Waals surface area contributed by atoms with Crippen molar-refractivity contribution < 1.29 is 24.1 Å². The van der Waals surface area contributed by atoms with Crippen LogP contribution in [0.4, 0.5) is 0 Å². The molecule has 0 fully saturated rings. The summed E-state index contributed by atoms with van der Waals surface area (Å²) in [5.74, 6) is 1.03. The molecule has 7 heteroatoms. The average molecular weight is 396 g/mol. The fraction of sp³-hybridized carbons (Fsp3) is 0.235.